The molecule has 0 bridgehead atoms. The third kappa shape index (κ3) is 6.31. The number of hydrogen-bond donors (Lipinski definition) is 3. The molecule has 0 saturated carbocycles. The van der Waals surface area contributed by atoms with Crippen LogP contribution in [0.4, 0.5) is 30.2 Å². The molecule has 0 atom stereocenters. The van der Waals surface area contributed by atoms with E-state index >= 15 is 0 Å². The fraction of sp³-hybridized carbons (Fsp3) is 0.125. The van der Waals surface area contributed by atoms with E-state index in [1.54, 1.807) is 42.7 Å². The summed E-state index contributed by atoms with van der Waals surface area (Å²) in [6, 6.07) is 18.6. The summed E-state index contributed by atoms with van der Waals surface area (Å²) in [6.07, 6.45) is 0.297. The number of nitrogen functional groups attached to an aromatic ring is 1. The van der Waals surface area contributed by atoms with Crippen LogP contribution in [0.25, 0.3) is 6.08 Å². The van der Waals surface area contributed by atoms with Crippen molar-refractivity contribution in [2.45, 2.75) is 17.6 Å². The van der Waals surface area contributed by atoms with Crippen LogP contribution < -0.4 is 16.4 Å². The first kappa shape index (κ1) is 23.3. The van der Waals surface area contributed by atoms with E-state index in [0.29, 0.717) is 23.6 Å². The number of amides is 1. The van der Waals surface area contributed by atoms with Gasteiger partial charge < -0.3 is 16.4 Å². The summed E-state index contributed by atoms with van der Waals surface area (Å²) in [4.78, 5) is 12.3. The van der Waals surface area contributed by atoms with Crippen LogP contribution >= 0.6 is 11.8 Å². The van der Waals surface area contributed by atoms with E-state index in [0.717, 1.165) is 29.0 Å². The first-order chi connectivity index (χ1) is 15.3. The molecule has 0 radical (unpaired) electrons. The molecule has 3 aromatic rings. The van der Waals surface area contributed by atoms with Crippen molar-refractivity contribution in [2.75, 3.05) is 22.6 Å². The molecule has 4 N–H and O–H groups in total. The summed E-state index contributed by atoms with van der Waals surface area (Å²) >= 11 is 1.07. The summed E-state index contributed by atoms with van der Waals surface area (Å²) in [5.41, 5.74) is 8.29. The maximum atomic E-state index is 13.2. The van der Waals surface area contributed by atoms with E-state index in [1.165, 1.54) is 12.1 Å². The van der Waals surface area contributed by atoms with E-state index in [2.05, 4.69) is 10.6 Å². The van der Waals surface area contributed by atoms with Gasteiger partial charge in [-0.25, -0.2) is 0 Å². The van der Waals surface area contributed by atoms with Crippen molar-refractivity contribution in [3.05, 3.63) is 89.5 Å². The first-order valence-electron chi connectivity index (χ1n) is 9.68. The molecular formula is C24H22F3N3OS. The van der Waals surface area contributed by atoms with E-state index in [1.807, 2.05) is 24.3 Å². The molecule has 0 unspecified atom stereocenters. The standard InChI is InChI=1S/C24H22F3N3OS/c1-32-22-12-11-18(14-19(22)24(25,26)27)29-15-17-8-6-16(7-9-17)10-13-23(31)30-21-5-3-2-4-20(21)28/h2-14,29H,15,28H2,1H3,(H,30,31)/b13-10-. The molecule has 4 nitrogen and oxygen atoms in total. The highest BCUT2D eigenvalue weighted by atomic mass is 32.2. The summed E-state index contributed by atoms with van der Waals surface area (Å²) in [5, 5.41) is 5.73. The van der Waals surface area contributed by atoms with Crippen molar-refractivity contribution in [1.29, 1.82) is 0 Å². The van der Waals surface area contributed by atoms with Crippen LogP contribution in [-0.2, 0) is 17.5 Å². The number of nitrogens with one attached hydrogen (secondary N) is 2. The second-order valence-electron chi connectivity index (χ2n) is 6.92. The van der Waals surface area contributed by atoms with Gasteiger partial charge in [-0.1, -0.05) is 36.4 Å². The van der Waals surface area contributed by atoms with Crippen molar-refractivity contribution >= 4 is 40.8 Å². The maximum Gasteiger partial charge on any atom is 0.417 e. The number of nitrogens with two attached hydrogens (primary N) is 1. The van der Waals surface area contributed by atoms with Crippen molar-refractivity contribution < 1.29 is 18.0 Å². The van der Waals surface area contributed by atoms with Gasteiger partial charge in [0.05, 0.1) is 16.9 Å². The van der Waals surface area contributed by atoms with Crippen molar-refractivity contribution in [1.82, 2.24) is 0 Å². The SMILES string of the molecule is CSc1ccc(NCc2ccc(/C=C\C(=O)Nc3ccccc3N)cc2)cc1C(F)(F)F. The zero-order valence-electron chi connectivity index (χ0n) is 17.2. The number of alkyl halides is 3. The number of thioether (sulfide) groups is 1. The Hall–Kier alpha value is -3.39. The van der Waals surface area contributed by atoms with Crippen molar-refractivity contribution in [3.8, 4) is 0 Å². The fourth-order valence-electron chi connectivity index (χ4n) is 2.95. The molecule has 8 heteroatoms. The molecule has 0 heterocycles. The summed E-state index contributed by atoms with van der Waals surface area (Å²) in [6.45, 7) is 0.369. The Morgan fingerprint density at radius 3 is 2.44 bits per heavy atom. The first-order valence-corrected chi connectivity index (χ1v) is 10.9. The normalized spacial score (nSPS) is 11.5. The van der Waals surface area contributed by atoms with Gasteiger partial charge in [-0.15, -0.1) is 11.8 Å². The minimum Gasteiger partial charge on any atom is -0.397 e. The maximum absolute atomic E-state index is 13.2. The lowest BCUT2D eigenvalue weighted by atomic mass is 10.1. The van der Waals surface area contributed by atoms with Crippen LogP contribution in [0.15, 0.2) is 77.7 Å². The zero-order valence-corrected chi connectivity index (χ0v) is 18.1. The minimum atomic E-state index is -4.40. The fourth-order valence-corrected chi connectivity index (χ4v) is 3.55. The predicted octanol–water partition coefficient (Wildman–Crippen LogP) is 6.27. The molecule has 0 aliphatic heterocycles. The molecule has 166 valence electrons. The lowest BCUT2D eigenvalue weighted by Crippen LogP contribution is -2.09. The van der Waals surface area contributed by atoms with Crippen molar-refractivity contribution in [2.24, 2.45) is 0 Å². The molecule has 0 saturated heterocycles. The van der Waals surface area contributed by atoms with Crippen molar-refractivity contribution in [3.63, 3.8) is 0 Å². The highest BCUT2D eigenvalue weighted by Gasteiger charge is 2.33. The van der Waals surface area contributed by atoms with Gasteiger partial charge in [0.1, 0.15) is 0 Å². The average Bonchev–Trinajstić information content (AvgIpc) is 2.78. The van der Waals surface area contributed by atoms with Gasteiger partial charge in [0.2, 0.25) is 5.91 Å². The van der Waals surface area contributed by atoms with Crippen LogP contribution in [0.2, 0.25) is 0 Å². The van der Waals surface area contributed by atoms with Gasteiger partial charge in [-0.3, -0.25) is 4.79 Å². The molecular weight excluding hydrogens is 435 g/mol. The Bertz CT molecular complexity index is 1110. The molecule has 32 heavy (non-hydrogen) atoms. The van der Waals surface area contributed by atoms with Gasteiger partial charge in [-0.05, 0) is 53.8 Å². The Kier molecular flexibility index (Phi) is 7.48. The van der Waals surface area contributed by atoms with Gasteiger partial charge >= 0.3 is 6.18 Å². The van der Waals surface area contributed by atoms with Gasteiger partial charge in [0.25, 0.3) is 0 Å². The predicted molar refractivity (Wildman–Crippen MR) is 126 cm³/mol. The molecule has 0 aliphatic rings. The van der Waals surface area contributed by atoms with Crippen LogP contribution in [0.1, 0.15) is 16.7 Å². The quantitative estimate of drug-likeness (QED) is 0.222. The average molecular weight is 458 g/mol. The third-order valence-electron chi connectivity index (χ3n) is 4.63. The van der Waals surface area contributed by atoms with E-state index in [-0.39, 0.29) is 10.8 Å². The number of carbonyl (C=O) groups excluding carboxylic acids is 1. The Balaban J connectivity index is 1.59. The Morgan fingerprint density at radius 1 is 1.06 bits per heavy atom. The number of benzene rings is 3. The van der Waals surface area contributed by atoms with Gasteiger partial charge in [-0.2, -0.15) is 13.2 Å². The molecule has 0 aliphatic carbocycles. The smallest absolute Gasteiger partial charge is 0.397 e. The number of halogens is 3. The molecule has 3 aromatic carbocycles. The largest absolute Gasteiger partial charge is 0.417 e. The molecule has 1 amide bonds. The number of para-hydroxylation sites is 2. The molecule has 0 spiro atoms. The highest BCUT2D eigenvalue weighted by molar-refractivity contribution is 7.98. The van der Waals surface area contributed by atoms with Crippen LogP contribution in [0.3, 0.4) is 0 Å². The van der Waals surface area contributed by atoms with Crippen LogP contribution in [-0.4, -0.2) is 12.2 Å². The monoisotopic (exact) mass is 457 g/mol. The van der Waals surface area contributed by atoms with E-state index < -0.39 is 11.7 Å². The lowest BCUT2D eigenvalue weighted by molar-refractivity contribution is -0.139. The van der Waals surface area contributed by atoms with Crippen LogP contribution in [0, 0.1) is 0 Å². The second kappa shape index (κ2) is 10.3. The van der Waals surface area contributed by atoms with Gasteiger partial charge in [0, 0.05) is 23.2 Å². The Morgan fingerprint density at radius 2 is 1.78 bits per heavy atom. The number of hydrogen-bond acceptors (Lipinski definition) is 4. The lowest BCUT2D eigenvalue weighted by Gasteiger charge is -2.14. The molecule has 0 aromatic heterocycles. The summed E-state index contributed by atoms with van der Waals surface area (Å²) < 4.78 is 39.6. The van der Waals surface area contributed by atoms with E-state index in [9.17, 15) is 18.0 Å². The topological polar surface area (TPSA) is 67.2 Å². The molecule has 0 fully saturated rings. The summed E-state index contributed by atoms with van der Waals surface area (Å²) in [7, 11) is 0. The zero-order chi connectivity index (χ0) is 23.1. The number of rotatable bonds is 7. The Labute approximate surface area is 188 Å². The highest BCUT2D eigenvalue weighted by Crippen LogP contribution is 2.37. The van der Waals surface area contributed by atoms with Gasteiger partial charge in [0.15, 0.2) is 0 Å². The number of carbonyl (C=O) groups is 1. The molecule has 3 rings (SSSR count). The second-order valence-corrected chi connectivity index (χ2v) is 7.77. The third-order valence-corrected chi connectivity index (χ3v) is 5.42. The number of anilines is 3. The van der Waals surface area contributed by atoms with Crippen LogP contribution in [0.5, 0.6) is 0 Å². The summed E-state index contributed by atoms with van der Waals surface area (Å²) in [5.74, 6) is -0.303. The van der Waals surface area contributed by atoms with E-state index in [4.69, 9.17) is 5.73 Å². The minimum absolute atomic E-state index is 0.193.